The molecule has 2 N–H and O–H groups in total. The highest BCUT2D eigenvalue weighted by Gasteiger charge is 2.29. The Kier molecular flexibility index (Phi) is 6.23. The Bertz CT molecular complexity index is 374. The molecular formula is C12H21N3O5. The van der Waals surface area contributed by atoms with E-state index in [1.807, 2.05) is 6.92 Å². The fourth-order valence-electron chi connectivity index (χ4n) is 1.86. The van der Waals surface area contributed by atoms with Gasteiger partial charge in [-0.3, -0.25) is 9.59 Å². The minimum Gasteiger partial charge on any atom is -0.481 e. The van der Waals surface area contributed by atoms with Gasteiger partial charge in [-0.05, 0) is 6.92 Å². The van der Waals surface area contributed by atoms with E-state index in [1.165, 1.54) is 9.80 Å². The van der Waals surface area contributed by atoms with Gasteiger partial charge in [0.05, 0.1) is 32.2 Å². The first-order chi connectivity index (χ1) is 9.45. The third-order valence-corrected chi connectivity index (χ3v) is 3.19. The molecule has 0 spiro atoms. The quantitative estimate of drug-likeness (QED) is 0.700. The number of carboxylic acids is 1. The molecule has 8 nitrogen and oxygen atoms in total. The largest absolute Gasteiger partial charge is 0.481 e. The second kappa shape index (κ2) is 7.68. The van der Waals surface area contributed by atoms with Crippen LogP contribution in [0.5, 0.6) is 0 Å². The molecular weight excluding hydrogens is 266 g/mol. The Balaban J connectivity index is 2.51. The van der Waals surface area contributed by atoms with Crippen molar-refractivity contribution in [1.82, 2.24) is 15.1 Å². The average Bonchev–Trinajstić information content (AvgIpc) is 2.43. The summed E-state index contributed by atoms with van der Waals surface area (Å²) in [6, 6.07) is -0.933. The van der Waals surface area contributed by atoms with Crippen LogP contribution in [-0.2, 0) is 14.3 Å². The van der Waals surface area contributed by atoms with Crippen molar-refractivity contribution >= 4 is 17.9 Å². The lowest BCUT2D eigenvalue weighted by Gasteiger charge is -2.34. The van der Waals surface area contributed by atoms with Crippen molar-refractivity contribution in [1.29, 1.82) is 0 Å². The van der Waals surface area contributed by atoms with Gasteiger partial charge in [0.1, 0.15) is 0 Å². The molecule has 1 rings (SSSR count). The van der Waals surface area contributed by atoms with Gasteiger partial charge in [0.25, 0.3) is 0 Å². The zero-order chi connectivity index (χ0) is 15.1. The van der Waals surface area contributed by atoms with Gasteiger partial charge in [-0.1, -0.05) is 0 Å². The molecule has 1 atom stereocenters. The number of ether oxygens (including phenoxy) is 1. The van der Waals surface area contributed by atoms with E-state index in [0.29, 0.717) is 19.7 Å². The van der Waals surface area contributed by atoms with Crippen molar-refractivity contribution in [2.75, 3.05) is 39.9 Å². The average molecular weight is 287 g/mol. The van der Waals surface area contributed by atoms with Crippen LogP contribution >= 0.6 is 0 Å². The summed E-state index contributed by atoms with van der Waals surface area (Å²) in [7, 11) is 1.65. The zero-order valence-electron chi connectivity index (χ0n) is 11.8. The lowest BCUT2D eigenvalue weighted by atomic mass is 10.1. The highest BCUT2D eigenvalue weighted by atomic mass is 16.5. The van der Waals surface area contributed by atoms with Crippen LogP contribution in [0.4, 0.5) is 4.79 Å². The van der Waals surface area contributed by atoms with Gasteiger partial charge in [-0.25, -0.2) is 4.79 Å². The first-order valence-electron chi connectivity index (χ1n) is 6.53. The summed E-state index contributed by atoms with van der Waals surface area (Å²) in [5, 5.41) is 11.3. The van der Waals surface area contributed by atoms with Crippen molar-refractivity contribution in [2.24, 2.45) is 0 Å². The Morgan fingerprint density at radius 3 is 2.75 bits per heavy atom. The molecule has 1 unspecified atom stereocenters. The van der Waals surface area contributed by atoms with Gasteiger partial charge < -0.3 is 25.0 Å². The highest BCUT2D eigenvalue weighted by molar-refractivity contribution is 5.84. The van der Waals surface area contributed by atoms with Crippen LogP contribution < -0.4 is 5.32 Å². The number of likely N-dealkylation sites (N-methyl/N-ethyl adjacent to an activating group) is 1. The summed E-state index contributed by atoms with van der Waals surface area (Å²) in [5.74, 6) is -1.18. The number of nitrogens with zero attached hydrogens (tertiary/aromatic N) is 2. The molecule has 0 bridgehead atoms. The van der Waals surface area contributed by atoms with E-state index < -0.39 is 18.0 Å². The molecule has 0 aromatic heterocycles. The summed E-state index contributed by atoms with van der Waals surface area (Å²) in [6.45, 7) is 3.19. The molecule has 8 heteroatoms. The van der Waals surface area contributed by atoms with Crippen LogP contribution in [0.3, 0.4) is 0 Å². The van der Waals surface area contributed by atoms with E-state index in [2.05, 4.69) is 5.32 Å². The number of carbonyl (C=O) groups is 3. The van der Waals surface area contributed by atoms with E-state index in [4.69, 9.17) is 9.84 Å². The number of aliphatic carboxylic acids is 1. The molecule has 0 aliphatic carbocycles. The Morgan fingerprint density at radius 2 is 2.15 bits per heavy atom. The molecule has 20 heavy (non-hydrogen) atoms. The number of rotatable bonds is 5. The van der Waals surface area contributed by atoms with Gasteiger partial charge in [-0.15, -0.1) is 0 Å². The smallest absolute Gasteiger partial charge is 0.318 e. The molecule has 114 valence electrons. The minimum atomic E-state index is -0.986. The van der Waals surface area contributed by atoms with Crippen molar-refractivity contribution in [3.05, 3.63) is 0 Å². The summed E-state index contributed by atoms with van der Waals surface area (Å²) in [4.78, 5) is 37.3. The maximum Gasteiger partial charge on any atom is 0.318 e. The fraction of sp³-hybridized carbons (Fsp3) is 0.750. The first kappa shape index (κ1) is 16.2. The Morgan fingerprint density at radius 1 is 1.45 bits per heavy atom. The lowest BCUT2D eigenvalue weighted by Crippen LogP contribution is -2.54. The van der Waals surface area contributed by atoms with E-state index in [1.54, 1.807) is 7.05 Å². The van der Waals surface area contributed by atoms with Gasteiger partial charge in [0.2, 0.25) is 5.91 Å². The van der Waals surface area contributed by atoms with E-state index in [0.717, 1.165) is 0 Å². The second-order valence-corrected chi connectivity index (χ2v) is 4.59. The predicted molar refractivity (Wildman–Crippen MR) is 70.3 cm³/mol. The molecule has 0 aromatic carbocycles. The SMILES string of the molecule is CCN(C)C(=O)CNC(=O)N1CCOCC1CC(=O)O. The van der Waals surface area contributed by atoms with Gasteiger partial charge in [0.15, 0.2) is 0 Å². The van der Waals surface area contributed by atoms with Gasteiger partial charge >= 0.3 is 12.0 Å². The zero-order valence-corrected chi connectivity index (χ0v) is 11.8. The van der Waals surface area contributed by atoms with Crippen molar-refractivity contribution in [3.8, 4) is 0 Å². The topological polar surface area (TPSA) is 99.2 Å². The number of nitrogens with one attached hydrogen (secondary N) is 1. The monoisotopic (exact) mass is 287 g/mol. The number of hydrogen-bond donors (Lipinski definition) is 2. The Labute approximate surface area is 117 Å². The number of morpholine rings is 1. The van der Waals surface area contributed by atoms with Crippen LogP contribution in [0, 0.1) is 0 Å². The first-order valence-corrected chi connectivity index (χ1v) is 6.53. The van der Waals surface area contributed by atoms with Crippen LogP contribution in [0.15, 0.2) is 0 Å². The van der Waals surface area contributed by atoms with E-state index >= 15 is 0 Å². The standard InChI is InChI=1S/C12H21N3O5/c1-3-14(2)10(16)7-13-12(19)15-4-5-20-8-9(15)6-11(17)18/h9H,3-8H2,1-2H3,(H,13,19)(H,17,18). The van der Waals surface area contributed by atoms with E-state index in [9.17, 15) is 14.4 Å². The van der Waals surface area contributed by atoms with Gasteiger partial charge in [0, 0.05) is 20.1 Å². The van der Waals surface area contributed by atoms with Crippen molar-refractivity contribution in [3.63, 3.8) is 0 Å². The van der Waals surface area contributed by atoms with Gasteiger partial charge in [-0.2, -0.15) is 0 Å². The van der Waals surface area contributed by atoms with Crippen molar-refractivity contribution < 1.29 is 24.2 Å². The number of urea groups is 1. The van der Waals surface area contributed by atoms with Crippen LogP contribution in [0.25, 0.3) is 0 Å². The summed E-state index contributed by atoms with van der Waals surface area (Å²) >= 11 is 0. The third-order valence-electron chi connectivity index (χ3n) is 3.19. The van der Waals surface area contributed by atoms with Crippen LogP contribution in [0.2, 0.25) is 0 Å². The normalized spacial score (nSPS) is 18.5. The van der Waals surface area contributed by atoms with E-state index in [-0.39, 0.29) is 25.5 Å². The van der Waals surface area contributed by atoms with Crippen LogP contribution in [-0.4, -0.2) is 78.8 Å². The number of carbonyl (C=O) groups excluding carboxylic acids is 2. The molecule has 0 saturated carbocycles. The second-order valence-electron chi connectivity index (χ2n) is 4.59. The number of hydrogen-bond acceptors (Lipinski definition) is 4. The minimum absolute atomic E-state index is 0.0969. The highest BCUT2D eigenvalue weighted by Crippen LogP contribution is 2.10. The molecule has 1 aliphatic heterocycles. The van der Waals surface area contributed by atoms with Crippen molar-refractivity contribution in [2.45, 2.75) is 19.4 Å². The summed E-state index contributed by atoms with van der Waals surface area (Å²) in [6.07, 6.45) is -0.170. The summed E-state index contributed by atoms with van der Waals surface area (Å²) < 4.78 is 5.18. The molecule has 1 aliphatic rings. The molecule has 0 radical (unpaired) electrons. The van der Waals surface area contributed by atoms with Crippen LogP contribution in [0.1, 0.15) is 13.3 Å². The maximum atomic E-state index is 12.0. The molecule has 1 heterocycles. The number of amides is 3. The molecule has 3 amide bonds. The third kappa shape index (κ3) is 4.69. The maximum absolute atomic E-state index is 12.0. The fourth-order valence-corrected chi connectivity index (χ4v) is 1.86. The summed E-state index contributed by atoms with van der Waals surface area (Å²) in [5.41, 5.74) is 0. The molecule has 1 fully saturated rings. The lowest BCUT2D eigenvalue weighted by molar-refractivity contribution is -0.139. The molecule has 1 saturated heterocycles. The predicted octanol–water partition coefficient (Wildman–Crippen LogP) is -0.650. The molecule has 0 aromatic rings. The Hall–Kier alpha value is -1.83. The number of carboxylic acid groups (broad SMARTS) is 1.